The van der Waals surface area contributed by atoms with Crippen LogP contribution in [-0.4, -0.2) is 21.9 Å². The highest BCUT2D eigenvalue weighted by Gasteiger charge is 2.12. The van der Waals surface area contributed by atoms with Crippen LogP contribution in [0.4, 0.5) is 5.69 Å². The number of hydrogen-bond acceptors (Lipinski definition) is 4. The second-order valence-electron chi connectivity index (χ2n) is 4.75. The van der Waals surface area contributed by atoms with E-state index in [1.54, 1.807) is 11.8 Å². The van der Waals surface area contributed by atoms with E-state index in [4.69, 9.17) is 0 Å². The minimum absolute atomic E-state index is 0.0938. The molecule has 0 unspecified atom stereocenters. The number of benzene rings is 1. The van der Waals surface area contributed by atoms with Crippen molar-refractivity contribution in [2.45, 2.75) is 24.8 Å². The summed E-state index contributed by atoms with van der Waals surface area (Å²) in [5.74, 6) is -0.328. The first-order valence-electron chi connectivity index (χ1n) is 6.57. The third-order valence-electron chi connectivity index (χ3n) is 2.90. The highest BCUT2D eigenvalue weighted by Crippen LogP contribution is 2.24. The summed E-state index contributed by atoms with van der Waals surface area (Å²) in [6, 6.07) is 10.3. The molecule has 5 nitrogen and oxygen atoms in total. The van der Waals surface area contributed by atoms with Crippen LogP contribution in [0.15, 0.2) is 46.1 Å². The third-order valence-corrected chi connectivity index (χ3v) is 3.70. The van der Waals surface area contributed by atoms with E-state index in [-0.39, 0.29) is 23.2 Å². The van der Waals surface area contributed by atoms with Gasteiger partial charge >= 0.3 is 0 Å². The zero-order valence-electron chi connectivity index (χ0n) is 12.2. The van der Waals surface area contributed by atoms with Gasteiger partial charge in [-0.15, -0.1) is 11.8 Å². The molecule has 0 fully saturated rings. The van der Waals surface area contributed by atoms with E-state index in [1.165, 1.54) is 16.8 Å². The molecule has 1 heterocycles. The van der Waals surface area contributed by atoms with Gasteiger partial charge in [-0.05, 0) is 38.3 Å². The van der Waals surface area contributed by atoms with Crippen LogP contribution in [0.1, 0.15) is 30.4 Å². The molecule has 1 amide bonds. The Morgan fingerprint density at radius 1 is 1.24 bits per heavy atom. The molecular formula is C15H17N3O2S. The van der Waals surface area contributed by atoms with Crippen LogP contribution in [0.25, 0.3) is 0 Å². The van der Waals surface area contributed by atoms with Crippen molar-refractivity contribution in [1.29, 1.82) is 0 Å². The standard InChI is InChI=1S/C15H17N3O2S/c1-10(2)18-14(19)9-8-12(17-18)15(20)16-11-6-4-5-7-13(11)21-3/h4-10H,1-3H3,(H,16,20). The summed E-state index contributed by atoms with van der Waals surface area (Å²) in [4.78, 5) is 24.9. The Balaban J connectivity index is 2.29. The highest BCUT2D eigenvalue weighted by molar-refractivity contribution is 7.98. The van der Waals surface area contributed by atoms with Crippen LogP contribution in [0.5, 0.6) is 0 Å². The fourth-order valence-corrected chi connectivity index (χ4v) is 2.40. The number of rotatable bonds is 4. The van der Waals surface area contributed by atoms with Crippen molar-refractivity contribution in [2.75, 3.05) is 11.6 Å². The minimum Gasteiger partial charge on any atom is -0.320 e. The number of aromatic nitrogens is 2. The molecular weight excluding hydrogens is 286 g/mol. The average molecular weight is 303 g/mol. The maximum absolute atomic E-state index is 12.3. The molecule has 1 aromatic heterocycles. The van der Waals surface area contributed by atoms with Crippen LogP contribution in [0.2, 0.25) is 0 Å². The average Bonchev–Trinajstić information content (AvgIpc) is 2.47. The van der Waals surface area contributed by atoms with Gasteiger partial charge in [-0.25, -0.2) is 4.68 Å². The van der Waals surface area contributed by atoms with Crippen LogP contribution in [-0.2, 0) is 0 Å². The Bertz CT molecular complexity index is 710. The van der Waals surface area contributed by atoms with Gasteiger partial charge in [-0.3, -0.25) is 9.59 Å². The van der Waals surface area contributed by atoms with Gasteiger partial charge in [0.15, 0.2) is 0 Å². The molecule has 0 spiro atoms. The fraction of sp³-hybridized carbons (Fsp3) is 0.267. The summed E-state index contributed by atoms with van der Waals surface area (Å²) in [6.07, 6.45) is 1.95. The van der Waals surface area contributed by atoms with Gasteiger partial charge in [0.2, 0.25) is 0 Å². The SMILES string of the molecule is CSc1ccccc1NC(=O)c1ccc(=O)n(C(C)C)n1. The number of carbonyl (C=O) groups is 1. The van der Waals surface area contributed by atoms with Crippen molar-refractivity contribution < 1.29 is 4.79 Å². The number of hydrogen-bond donors (Lipinski definition) is 1. The topological polar surface area (TPSA) is 64.0 Å². The Morgan fingerprint density at radius 3 is 2.62 bits per heavy atom. The summed E-state index contributed by atoms with van der Waals surface area (Å²) in [5, 5.41) is 6.93. The van der Waals surface area contributed by atoms with E-state index >= 15 is 0 Å². The minimum atomic E-state index is -0.328. The van der Waals surface area contributed by atoms with Crippen LogP contribution in [0, 0.1) is 0 Å². The van der Waals surface area contributed by atoms with Crippen molar-refractivity contribution in [2.24, 2.45) is 0 Å². The predicted octanol–water partition coefficient (Wildman–Crippen LogP) is 2.80. The van der Waals surface area contributed by atoms with Crippen molar-refractivity contribution in [3.05, 3.63) is 52.4 Å². The molecule has 1 N–H and O–H groups in total. The van der Waals surface area contributed by atoms with Gasteiger partial charge < -0.3 is 5.32 Å². The lowest BCUT2D eigenvalue weighted by molar-refractivity contribution is 0.101. The molecule has 0 saturated heterocycles. The molecule has 0 aliphatic carbocycles. The first-order valence-corrected chi connectivity index (χ1v) is 7.79. The maximum Gasteiger partial charge on any atom is 0.276 e. The molecule has 0 saturated carbocycles. The molecule has 2 aromatic rings. The predicted molar refractivity (Wildman–Crippen MR) is 85.1 cm³/mol. The summed E-state index contributed by atoms with van der Waals surface area (Å²) in [5.41, 5.74) is 0.740. The molecule has 21 heavy (non-hydrogen) atoms. The zero-order chi connectivity index (χ0) is 15.4. The monoisotopic (exact) mass is 303 g/mol. The second kappa shape index (κ2) is 6.58. The molecule has 6 heteroatoms. The van der Waals surface area contributed by atoms with E-state index in [9.17, 15) is 9.59 Å². The first kappa shape index (κ1) is 15.3. The third kappa shape index (κ3) is 3.52. The Labute approximate surface area is 127 Å². The summed E-state index contributed by atoms with van der Waals surface area (Å²) < 4.78 is 1.30. The largest absolute Gasteiger partial charge is 0.320 e. The Hall–Kier alpha value is -2.08. The van der Waals surface area contributed by atoms with Gasteiger partial charge in [0.05, 0.1) is 11.7 Å². The molecule has 0 aliphatic rings. The van der Waals surface area contributed by atoms with E-state index < -0.39 is 0 Å². The fourth-order valence-electron chi connectivity index (χ4n) is 1.85. The molecule has 0 bridgehead atoms. The molecule has 2 rings (SSSR count). The smallest absolute Gasteiger partial charge is 0.276 e. The number of nitrogens with one attached hydrogen (secondary N) is 1. The summed E-state index contributed by atoms with van der Waals surface area (Å²) >= 11 is 1.55. The lowest BCUT2D eigenvalue weighted by Gasteiger charge is -2.11. The summed E-state index contributed by atoms with van der Waals surface area (Å²) in [6.45, 7) is 3.69. The van der Waals surface area contributed by atoms with Crippen molar-refractivity contribution in [3.63, 3.8) is 0 Å². The molecule has 110 valence electrons. The normalized spacial score (nSPS) is 10.7. The Morgan fingerprint density at radius 2 is 1.95 bits per heavy atom. The maximum atomic E-state index is 12.3. The van der Waals surface area contributed by atoms with E-state index in [1.807, 2.05) is 44.4 Å². The van der Waals surface area contributed by atoms with Crippen LogP contribution < -0.4 is 10.9 Å². The highest BCUT2D eigenvalue weighted by atomic mass is 32.2. The lowest BCUT2D eigenvalue weighted by atomic mass is 10.3. The van der Waals surface area contributed by atoms with Gasteiger partial charge in [0.25, 0.3) is 11.5 Å². The van der Waals surface area contributed by atoms with Crippen LogP contribution >= 0.6 is 11.8 Å². The van der Waals surface area contributed by atoms with E-state index in [2.05, 4.69) is 10.4 Å². The van der Waals surface area contributed by atoms with E-state index in [0.29, 0.717) is 0 Å². The van der Waals surface area contributed by atoms with Crippen LogP contribution in [0.3, 0.4) is 0 Å². The summed E-state index contributed by atoms with van der Waals surface area (Å²) in [7, 11) is 0. The molecule has 1 aromatic carbocycles. The zero-order valence-corrected chi connectivity index (χ0v) is 13.0. The lowest BCUT2D eigenvalue weighted by Crippen LogP contribution is -2.27. The first-order chi connectivity index (χ1) is 10.0. The van der Waals surface area contributed by atoms with Gasteiger partial charge in [-0.1, -0.05) is 12.1 Å². The molecule has 0 radical (unpaired) electrons. The quantitative estimate of drug-likeness (QED) is 0.882. The van der Waals surface area contributed by atoms with Crippen molar-refractivity contribution in [1.82, 2.24) is 9.78 Å². The van der Waals surface area contributed by atoms with Gasteiger partial charge in [-0.2, -0.15) is 5.10 Å². The second-order valence-corrected chi connectivity index (χ2v) is 5.60. The number of para-hydroxylation sites is 1. The van der Waals surface area contributed by atoms with Gasteiger partial charge in [0.1, 0.15) is 5.69 Å². The number of amides is 1. The Kier molecular flexibility index (Phi) is 4.80. The van der Waals surface area contributed by atoms with Crippen molar-refractivity contribution in [3.8, 4) is 0 Å². The number of thioether (sulfide) groups is 1. The van der Waals surface area contributed by atoms with E-state index in [0.717, 1.165) is 10.6 Å². The van der Waals surface area contributed by atoms with Crippen molar-refractivity contribution >= 4 is 23.4 Å². The number of nitrogens with zero attached hydrogens (tertiary/aromatic N) is 2. The number of anilines is 1. The number of carbonyl (C=O) groups excluding carboxylic acids is 1. The van der Waals surface area contributed by atoms with Gasteiger partial charge in [0, 0.05) is 11.0 Å². The molecule has 0 aliphatic heterocycles. The molecule has 0 atom stereocenters.